The number of rotatable bonds is 8. The zero-order valence-corrected chi connectivity index (χ0v) is 17.7. The van der Waals surface area contributed by atoms with E-state index in [9.17, 15) is 21.0 Å². The Bertz CT molecular complexity index is 870. The number of unbranched alkanes of at least 4 members (excludes halogenated alkanes) is 4. The molecule has 0 aromatic carbocycles. The highest BCUT2D eigenvalue weighted by Crippen LogP contribution is 2.64. The summed E-state index contributed by atoms with van der Waals surface area (Å²) in [6, 6.07) is 8.53. The van der Waals surface area contributed by atoms with Crippen molar-refractivity contribution in [2.75, 3.05) is 0 Å². The molecule has 3 rings (SSSR count). The van der Waals surface area contributed by atoms with Crippen molar-refractivity contribution in [1.82, 2.24) is 5.32 Å². The monoisotopic (exact) mass is 390 g/mol. The molecule has 6 nitrogen and oxygen atoms in total. The number of hydrogen-bond acceptors (Lipinski definition) is 6. The van der Waals surface area contributed by atoms with Gasteiger partial charge in [0.1, 0.15) is 17.6 Å². The Balaban J connectivity index is 2.80. The van der Waals surface area contributed by atoms with Gasteiger partial charge in [0.15, 0.2) is 5.57 Å². The maximum atomic E-state index is 10.4. The van der Waals surface area contributed by atoms with Gasteiger partial charge in [0.2, 0.25) is 0 Å². The smallest absolute Gasteiger partial charge is 0.150 e. The molecule has 0 amide bonds. The van der Waals surface area contributed by atoms with E-state index < -0.39 is 16.4 Å². The summed E-state index contributed by atoms with van der Waals surface area (Å²) in [5, 5.41) is 42.9. The van der Waals surface area contributed by atoms with Crippen LogP contribution in [-0.2, 0) is 0 Å². The van der Waals surface area contributed by atoms with Crippen molar-refractivity contribution in [3.8, 4) is 24.3 Å². The van der Waals surface area contributed by atoms with E-state index in [1.165, 1.54) is 0 Å². The van der Waals surface area contributed by atoms with E-state index in [0.717, 1.165) is 44.9 Å². The Morgan fingerprint density at radius 1 is 1.00 bits per heavy atom. The Labute approximate surface area is 174 Å². The van der Waals surface area contributed by atoms with Gasteiger partial charge in [-0.1, -0.05) is 59.3 Å². The summed E-state index contributed by atoms with van der Waals surface area (Å²) in [7, 11) is 0. The number of nitrogens with one attached hydrogen (secondary N) is 1. The molecule has 2 bridgehead atoms. The number of nitriles is 4. The van der Waals surface area contributed by atoms with Crippen LogP contribution in [-0.4, -0.2) is 5.54 Å². The number of piperidine rings is 1. The van der Waals surface area contributed by atoms with E-state index in [2.05, 4.69) is 31.3 Å². The fourth-order valence-corrected chi connectivity index (χ4v) is 5.33. The molecule has 29 heavy (non-hydrogen) atoms. The lowest BCUT2D eigenvalue weighted by Crippen LogP contribution is -2.68. The second kappa shape index (κ2) is 8.59. The van der Waals surface area contributed by atoms with Gasteiger partial charge in [0.05, 0.1) is 34.6 Å². The van der Waals surface area contributed by atoms with Crippen LogP contribution in [0.25, 0.3) is 0 Å². The lowest BCUT2D eigenvalue weighted by atomic mass is 9.46. The van der Waals surface area contributed by atoms with Crippen LogP contribution in [0.2, 0.25) is 0 Å². The first kappa shape index (κ1) is 22.3. The minimum absolute atomic E-state index is 0.118. The van der Waals surface area contributed by atoms with Crippen LogP contribution < -0.4 is 11.1 Å². The van der Waals surface area contributed by atoms with Crippen molar-refractivity contribution in [3.05, 3.63) is 22.5 Å². The summed E-state index contributed by atoms with van der Waals surface area (Å²) in [5.41, 5.74) is 4.71. The molecule has 1 aliphatic carbocycles. The van der Waals surface area contributed by atoms with Gasteiger partial charge in [-0.05, 0) is 19.3 Å². The van der Waals surface area contributed by atoms with Gasteiger partial charge in [0.25, 0.3) is 0 Å². The highest BCUT2D eigenvalue weighted by atomic mass is 15.1. The van der Waals surface area contributed by atoms with Crippen LogP contribution in [0.5, 0.6) is 0 Å². The Kier molecular flexibility index (Phi) is 6.62. The first-order valence-corrected chi connectivity index (χ1v) is 10.5. The summed E-state index contributed by atoms with van der Waals surface area (Å²) >= 11 is 0. The predicted octanol–water partition coefficient (Wildman–Crippen LogP) is 4.45. The number of nitrogens with two attached hydrogens (primary N) is 1. The van der Waals surface area contributed by atoms with Gasteiger partial charge in [-0.25, -0.2) is 0 Å². The van der Waals surface area contributed by atoms with E-state index >= 15 is 0 Å². The third kappa shape index (κ3) is 3.24. The molecule has 2 heterocycles. The van der Waals surface area contributed by atoms with E-state index in [-0.39, 0.29) is 11.3 Å². The van der Waals surface area contributed by atoms with Gasteiger partial charge in [0, 0.05) is 5.41 Å². The summed E-state index contributed by atoms with van der Waals surface area (Å²) in [4.78, 5) is 0. The average molecular weight is 391 g/mol. The lowest BCUT2D eigenvalue weighted by molar-refractivity contribution is 0.0351. The lowest BCUT2D eigenvalue weighted by Gasteiger charge is -2.61. The van der Waals surface area contributed by atoms with Crippen molar-refractivity contribution in [3.63, 3.8) is 0 Å². The first-order valence-electron chi connectivity index (χ1n) is 10.5. The average Bonchev–Trinajstić information content (AvgIpc) is 2.69. The van der Waals surface area contributed by atoms with Crippen LogP contribution in [0.3, 0.4) is 0 Å². The second-order valence-electron chi connectivity index (χ2n) is 8.59. The first-order chi connectivity index (χ1) is 13.9. The SMILES string of the molecule is CCCCCC12CC(C)(CCCCC)C(C#N)(C(N)=C1C#N)C(=C(C#N)C#N)N2. The van der Waals surface area contributed by atoms with Crippen molar-refractivity contribution in [1.29, 1.82) is 21.0 Å². The molecule has 0 spiro atoms. The number of allylic oxidation sites excluding steroid dienone is 1. The van der Waals surface area contributed by atoms with Crippen molar-refractivity contribution in [2.24, 2.45) is 16.6 Å². The minimum Gasteiger partial charge on any atom is -0.400 e. The summed E-state index contributed by atoms with van der Waals surface area (Å²) in [6.45, 7) is 6.28. The fraction of sp³-hybridized carbons (Fsp3) is 0.652. The van der Waals surface area contributed by atoms with Gasteiger partial charge in [-0.2, -0.15) is 21.0 Å². The Hall–Kier alpha value is -2.96. The number of fused-ring (bicyclic) bond motifs is 2. The highest BCUT2D eigenvalue weighted by molar-refractivity contribution is 5.61. The third-order valence-electron chi connectivity index (χ3n) is 6.78. The molecule has 6 heteroatoms. The summed E-state index contributed by atoms with van der Waals surface area (Å²) in [6.07, 6.45) is 7.99. The van der Waals surface area contributed by atoms with Crippen molar-refractivity contribution >= 4 is 0 Å². The molecular weight excluding hydrogens is 360 g/mol. The number of hydrogen-bond donors (Lipinski definition) is 2. The number of nitrogens with zero attached hydrogens (tertiary/aromatic N) is 4. The van der Waals surface area contributed by atoms with Crippen LogP contribution in [0.15, 0.2) is 22.5 Å². The standard InChI is InChI=1S/C23H30N6/c1-4-6-8-10-21(3)15-22(11-9-7-5-2)18(14-26)19(28)23(21,16-27)20(29-22)17(12-24)13-25/h29H,4-11,15,28H2,1-3H3. The maximum absolute atomic E-state index is 10.4. The quantitative estimate of drug-likeness (QED) is 0.464. The van der Waals surface area contributed by atoms with Crippen LogP contribution in [0.4, 0.5) is 0 Å². The Morgan fingerprint density at radius 2 is 1.59 bits per heavy atom. The second-order valence-corrected chi connectivity index (χ2v) is 8.59. The predicted molar refractivity (Wildman–Crippen MR) is 110 cm³/mol. The molecule has 0 saturated carbocycles. The maximum Gasteiger partial charge on any atom is 0.150 e. The van der Waals surface area contributed by atoms with E-state index in [1.54, 1.807) is 0 Å². The molecule has 1 fully saturated rings. The van der Waals surface area contributed by atoms with E-state index in [4.69, 9.17) is 5.73 Å². The Morgan fingerprint density at radius 3 is 2.07 bits per heavy atom. The molecule has 0 radical (unpaired) electrons. The molecule has 3 aliphatic rings. The normalized spacial score (nSPS) is 30.0. The summed E-state index contributed by atoms with van der Waals surface area (Å²) < 4.78 is 0. The summed E-state index contributed by atoms with van der Waals surface area (Å²) in [5.74, 6) is 0. The molecule has 3 atom stereocenters. The third-order valence-corrected chi connectivity index (χ3v) is 6.78. The largest absolute Gasteiger partial charge is 0.400 e. The van der Waals surface area contributed by atoms with Crippen LogP contribution in [0.1, 0.15) is 78.6 Å². The zero-order valence-electron chi connectivity index (χ0n) is 17.7. The topological polar surface area (TPSA) is 133 Å². The molecule has 3 unspecified atom stereocenters. The van der Waals surface area contributed by atoms with Crippen LogP contribution in [0, 0.1) is 56.2 Å². The highest BCUT2D eigenvalue weighted by Gasteiger charge is 2.67. The van der Waals surface area contributed by atoms with Crippen molar-refractivity contribution in [2.45, 2.75) is 84.1 Å². The van der Waals surface area contributed by atoms with Crippen molar-refractivity contribution < 1.29 is 0 Å². The van der Waals surface area contributed by atoms with E-state index in [0.29, 0.717) is 24.1 Å². The molecule has 1 saturated heterocycles. The molecular formula is C23H30N6. The molecule has 0 aromatic heterocycles. The minimum atomic E-state index is -1.36. The van der Waals surface area contributed by atoms with Crippen LogP contribution >= 0.6 is 0 Å². The van der Waals surface area contributed by atoms with Gasteiger partial charge in [-0.15, -0.1) is 0 Å². The molecule has 3 N–H and O–H groups in total. The van der Waals surface area contributed by atoms with Gasteiger partial charge >= 0.3 is 0 Å². The fourth-order valence-electron chi connectivity index (χ4n) is 5.33. The molecule has 152 valence electrons. The zero-order chi connectivity index (χ0) is 21.7. The van der Waals surface area contributed by atoms with Gasteiger partial charge in [-0.3, -0.25) is 0 Å². The van der Waals surface area contributed by atoms with Gasteiger partial charge < -0.3 is 11.1 Å². The molecule has 0 aromatic rings. The van der Waals surface area contributed by atoms with E-state index in [1.807, 2.05) is 19.1 Å². The molecule has 2 aliphatic heterocycles.